The number of hydrogen-bond donors (Lipinski definition) is 2. The van der Waals surface area contributed by atoms with E-state index in [1.165, 1.54) is 0 Å². The van der Waals surface area contributed by atoms with Gasteiger partial charge in [0.2, 0.25) is 5.95 Å². The molecule has 0 saturated carbocycles. The van der Waals surface area contributed by atoms with Gasteiger partial charge in [-0.1, -0.05) is 6.92 Å². The van der Waals surface area contributed by atoms with E-state index in [9.17, 15) is 0 Å². The van der Waals surface area contributed by atoms with Crippen LogP contribution in [0.3, 0.4) is 0 Å². The van der Waals surface area contributed by atoms with Crippen molar-refractivity contribution in [3.63, 3.8) is 0 Å². The van der Waals surface area contributed by atoms with E-state index in [1.54, 1.807) is 0 Å². The summed E-state index contributed by atoms with van der Waals surface area (Å²) in [5, 5.41) is 0. The van der Waals surface area contributed by atoms with Crippen molar-refractivity contribution >= 4 is 17.6 Å². The SMILES string of the molecule is CCc1c(N)nc(N)nc1N1CCCN(C)CC1. The number of likely N-dealkylation sites (N-methyl/N-ethyl adjacent to an activating group) is 1. The van der Waals surface area contributed by atoms with E-state index in [1.807, 2.05) is 0 Å². The zero-order valence-corrected chi connectivity index (χ0v) is 11.2. The Balaban J connectivity index is 2.31. The van der Waals surface area contributed by atoms with Gasteiger partial charge in [0.1, 0.15) is 11.6 Å². The lowest BCUT2D eigenvalue weighted by Gasteiger charge is -2.24. The lowest BCUT2D eigenvalue weighted by Crippen LogP contribution is -2.30. The second-order valence-corrected chi connectivity index (χ2v) is 4.77. The van der Waals surface area contributed by atoms with E-state index in [0.717, 1.165) is 50.4 Å². The highest BCUT2D eigenvalue weighted by molar-refractivity contribution is 5.59. The lowest BCUT2D eigenvalue weighted by atomic mass is 10.2. The topological polar surface area (TPSA) is 84.3 Å². The molecule has 0 unspecified atom stereocenters. The molecule has 4 N–H and O–H groups in total. The predicted molar refractivity (Wildman–Crippen MR) is 74.6 cm³/mol. The van der Waals surface area contributed by atoms with Crippen molar-refractivity contribution < 1.29 is 0 Å². The molecule has 1 aromatic heterocycles. The van der Waals surface area contributed by atoms with Gasteiger partial charge in [-0.05, 0) is 26.4 Å². The van der Waals surface area contributed by atoms with Gasteiger partial charge >= 0.3 is 0 Å². The molecule has 0 radical (unpaired) electrons. The largest absolute Gasteiger partial charge is 0.383 e. The van der Waals surface area contributed by atoms with Crippen LogP contribution in [-0.2, 0) is 6.42 Å². The Morgan fingerprint density at radius 1 is 1.11 bits per heavy atom. The Bertz CT molecular complexity index is 419. The molecule has 0 amide bonds. The van der Waals surface area contributed by atoms with E-state index in [4.69, 9.17) is 11.5 Å². The first-order chi connectivity index (χ1) is 8.61. The van der Waals surface area contributed by atoms with E-state index in [0.29, 0.717) is 5.82 Å². The van der Waals surface area contributed by atoms with Gasteiger partial charge < -0.3 is 21.3 Å². The zero-order chi connectivity index (χ0) is 13.1. The molecule has 6 heteroatoms. The molecule has 0 atom stereocenters. The summed E-state index contributed by atoms with van der Waals surface area (Å²) >= 11 is 0. The second kappa shape index (κ2) is 5.39. The molecule has 18 heavy (non-hydrogen) atoms. The van der Waals surface area contributed by atoms with Crippen LogP contribution in [0.1, 0.15) is 18.9 Å². The summed E-state index contributed by atoms with van der Waals surface area (Å²) in [6, 6.07) is 0. The van der Waals surface area contributed by atoms with E-state index < -0.39 is 0 Å². The third-order valence-electron chi connectivity index (χ3n) is 3.41. The third-order valence-corrected chi connectivity index (χ3v) is 3.41. The van der Waals surface area contributed by atoms with Crippen molar-refractivity contribution in [3.8, 4) is 0 Å². The summed E-state index contributed by atoms with van der Waals surface area (Å²) in [5.41, 5.74) is 12.7. The Labute approximate surface area is 108 Å². The molecule has 1 aliphatic heterocycles. The standard InChI is InChI=1S/C12H22N6/c1-3-9-10(13)15-12(14)16-11(9)18-6-4-5-17(2)7-8-18/h3-8H2,1-2H3,(H4,13,14,15,16). The highest BCUT2D eigenvalue weighted by atomic mass is 15.3. The molecule has 0 spiro atoms. The average Bonchev–Trinajstić information content (AvgIpc) is 2.53. The molecule has 0 aromatic carbocycles. The highest BCUT2D eigenvalue weighted by Crippen LogP contribution is 2.24. The minimum Gasteiger partial charge on any atom is -0.383 e. The van der Waals surface area contributed by atoms with Gasteiger partial charge in [-0.3, -0.25) is 0 Å². The Kier molecular flexibility index (Phi) is 3.86. The average molecular weight is 250 g/mol. The van der Waals surface area contributed by atoms with E-state index >= 15 is 0 Å². The van der Waals surface area contributed by atoms with E-state index in [-0.39, 0.29) is 5.95 Å². The molecular formula is C12H22N6. The number of aromatic nitrogens is 2. The van der Waals surface area contributed by atoms with Crippen molar-refractivity contribution in [1.29, 1.82) is 0 Å². The predicted octanol–water partition coefficient (Wildman–Crippen LogP) is 0.345. The first kappa shape index (κ1) is 12.9. The molecule has 1 aliphatic rings. The molecule has 1 fully saturated rings. The highest BCUT2D eigenvalue weighted by Gasteiger charge is 2.19. The van der Waals surface area contributed by atoms with Gasteiger partial charge in [0.05, 0.1) is 0 Å². The molecular weight excluding hydrogens is 228 g/mol. The molecule has 2 rings (SSSR count). The molecule has 6 nitrogen and oxygen atoms in total. The van der Waals surface area contributed by atoms with Crippen LogP contribution in [-0.4, -0.2) is 48.1 Å². The fourth-order valence-corrected chi connectivity index (χ4v) is 2.37. The summed E-state index contributed by atoms with van der Waals surface area (Å²) in [5.74, 6) is 1.69. The smallest absolute Gasteiger partial charge is 0.223 e. The summed E-state index contributed by atoms with van der Waals surface area (Å²) in [6.07, 6.45) is 1.96. The van der Waals surface area contributed by atoms with E-state index in [2.05, 4.69) is 33.7 Å². The van der Waals surface area contributed by atoms with Crippen molar-refractivity contribution in [2.45, 2.75) is 19.8 Å². The van der Waals surface area contributed by atoms with Crippen LogP contribution < -0.4 is 16.4 Å². The number of hydrogen-bond acceptors (Lipinski definition) is 6. The number of nitrogens with two attached hydrogens (primary N) is 2. The summed E-state index contributed by atoms with van der Waals surface area (Å²) in [4.78, 5) is 13.0. The monoisotopic (exact) mass is 250 g/mol. The molecule has 2 heterocycles. The Morgan fingerprint density at radius 3 is 2.61 bits per heavy atom. The van der Waals surface area contributed by atoms with Crippen molar-refractivity contribution in [2.24, 2.45) is 0 Å². The van der Waals surface area contributed by atoms with Crippen LogP contribution >= 0.6 is 0 Å². The first-order valence-corrected chi connectivity index (χ1v) is 6.47. The Hall–Kier alpha value is -1.56. The quantitative estimate of drug-likeness (QED) is 0.787. The van der Waals surface area contributed by atoms with Gasteiger partial charge in [-0.25, -0.2) is 0 Å². The summed E-state index contributed by atoms with van der Waals surface area (Å²) < 4.78 is 0. The van der Waals surface area contributed by atoms with Crippen LogP contribution in [0.2, 0.25) is 0 Å². The second-order valence-electron chi connectivity index (χ2n) is 4.77. The maximum Gasteiger partial charge on any atom is 0.223 e. The van der Waals surface area contributed by atoms with Crippen LogP contribution in [0.5, 0.6) is 0 Å². The van der Waals surface area contributed by atoms with Gasteiger partial charge in [-0.15, -0.1) is 0 Å². The molecule has 1 aromatic rings. The van der Waals surface area contributed by atoms with Crippen LogP contribution in [0.25, 0.3) is 0 Å². The normalized spacial score (nSPS) is 17.8. The number of rotatable bonds is 2. The molecule has 100 valence electrons. The summed E-state index contributed by atoms with van der Waals surface area (Å²) in [7, 11) is 2.15. The fourth-order valence-electron chi connectivity index (χ4n) is 2.37. The maximum absolute atomic E-state index is 5.94. The minimum atomic E-state index is 0.261. The molecule has 0 bridgehead atoms. The fraction of sp³-hybridized carbons (Fsp3) is 0.667. The number of nitrogen functional groups attached to an aromatic ring is 2. The van der Waals surface area contributed by atoms with Crippen molar-refractivity contribution in [2.75, 3.05) is 49.6 Å². The van der Waals surface area contributed by atoms with Gasteiger partial charge in [0.15, 0.2) is 0 Å². The number of anilines is 3. The first-order valence-electron chi connectivity index (χ1n) is 6.47. The van der Waals surface area contributed by atoms with Crippen molar-refractivity contribution in [1.82, 2.24) is 14.9 Å². The number of nitrogens with zero attached hydrogens (tertiary/aromatic N) is 4. The summed E-state index contributed by atoms with van der Waals surface area (Å²) in [6.45, 7) is 6.17. The van der Waals surface area contributed by atoms with Gasteiger partial charge in [-0.2, -0.15) is 9.97 Å². The van der Waals surface area contributed by atoms with Gasteiger partial charge in [0.25, 0.3) is 0 Å². The van der Waals surface area contributed by atoms with Crippen LogP contribution in [0.15, 0.2) is 0 Å². The van der Waals surface area contributed by atoms with Crippen molar-refractivity contribution in [3.05, 3.63) is 5.56 Å². The van der Waals surface area contributed by atoms with Gasteiger partial charge in [0, 0.05) is 25.2 Å². The van der Waals surface area contributed by atoms with Crippen LogP contribution in [0, 0.1) is 0 Å². The third kappa shape index (κ3) is 2.64. The minimum absolute atomic E-state index is 0.261. The lowest BCUT2D eigenvalue weighted by molar-refractivity contribution is 0.360. The maximum atomic E-state index is 5.94. The zero-order valence-electron chi connectivity index (χ0n) is 11.2. The van der Waals surface area contributed by atoms with Crippen LogP contribution in [0.4, 0.5) is 17.6 Å². The molecule has 0 aliphatic carbocycles. The molecule has 1 saturated heterocycles. The Morgan fingerprint density at radius 2 is 1.89 bits per heavy atom.